The summed E-state index contributed by atoms with van der Waals surface area (Å²) in [6.45, 7) is 6.49. The number of halogens is 3. The topological polar surface area (TPSA) is 154 Å². The van der Waals surface area contributed by atoms with Gasteiger partial charge in [-0.15, -0.1) is 0 Å². The number of nitrogens with one attached hydrogen (secondary N) is 1. The minimum atomic E-state index is -4.50. The maximum atomic E-state index is 13.6. The number of piperidine rings is 1. The zero-order chi connectivity index (χ0) is 32.4. The second-order valence-corrected chi connectivity index (χ2v) is 12.5. The number of carbonyl (C=O) groups excluding carboxylic acids is 3. The summed E-state index contributed by atoms with van der Waals surface area (Å²) in [4.78, 5) is 41.0. The third-order valence-electron chi connectivity index (χ3n) is 8.35. The van der Waals surface area contributed by atoms with Crippen LogP contribution in [0, 0.1) is 0 Å². The minimum absolute atomic E-state index is 0.00270. The molecule has 2 aliphatic heterocycles. The summed E-state index contributed by atoms with van der Waals surface area (Å²) < 4.78 is 45.3. The van der Waals surface area contributed by atoms with Gasteiger partial charge in [0.1, 0.15) is 0 Å². The zero-order valence-electron chi connectivity index (χ0n) is 25.3. The Morgan fingerprint density at radius 1 is 1.07 bits per heavy atom. The number of nitrogens with two attached hydrogens (primary N) is 3. The number of rotatable bonds is 10. The van der Waals surface area contributed by atoms with E-state index in [0.717, 1.165) is 28.7 Å². The van der Waals surface area contributed by atoms with Gasteiger partial charge in [0.25, 0.3) is 0 Å². The molecule has 0 saturated carbocycles. The predicted octanol–water partition coefficient (Wildman–Crippen LogP) is 1.63. The molecule has 0 spiro atoms. The van der Waals surface area contributed by atoms with Gasteiger partial charge in [-0.25, -0.2) is 0 Å². The molecule has 2 heterocycles. The normalized spacial score (nSPS) is 21.0. The van der Waals surface area contributed by atoms with Crippen LogP contribution in [0.2, 0.25) is 6.82 Å². The first-order valence-corrected chi connectivity index (χ1v) is 14.9. The minimum Gasteiger partial charge on any atom is -0.422 e. The molecule has 238 valence electrons. The van der Waals surface area contributed by atoms with E-state index in [1.165, 1.54) is 12.1 Å². The number of hydrogen-bond acceptors (Lipinski definition) is 7. The number of likely N-dealkylation sites (tertiary alicyclic amines) is 1. The van der Waals surface area contributed by atoms with Crippen molar-refractivity contribution < 1.29 is 32.2 Å². The van der Waals surface area contributed by atoms with Crippen LogP contribution >= 0.6 is 0 Å². The lowest BCUT2D eigenvalue weighted by Crippen LogP contribution is -2.54. The highest BCUT2D eigenvalue weighted by atomic mass is 19.4. The van der Waals surface area contributed by atoms with E-state index < -0.39 is 35.3 Å². The number of fused-ring (bicyclic) bond motifs is 1. The van der Waals surface area contributed by atoms with Gasteiger partial charge in [-0.05, 0) is 67.4 Å². The molecule has 0 aliphatic carbocycles. The molecule has 0 bridgehead atoms. The van der Waals surface area contributed by atoms with Crippen LogP contribution in [0.5, 0.6) is 0 Å². The molecule has 4 atom stereocenters. The van der Waals surface area contributed by atoms with E-state index in [1.807, 2.05) is 38.9 Å². The predicted molar refractivity (Wildman–Crippen MR) is 162 cm³/mol. The molecule has 0 unspecified atom stereocenters. The number of hydrogen-bond donors (Lipinski definition) is 4. The third kappa shape index (κ3) is 8.26. The summed E-state index contributed by atoms with van der Waals surface area (Å²) in [5.41, 5.74) is 20.0. The Morgan fingerprint density at radius 3 is 2.30 bits per heavy atom. The van der Waals surface area contributed by atoms with Gasteiger partial charge in [-0.1, -0.05) is 37.2 Å². The molecule has 2 aromatic carbocycles. The van der Waals surface area contributed by atoms with Gasteiger partial charge in [0.15, 0.2) is 5.78 Å². The van der Waals surface area contributed by atoms with Crippen molar-refractivity contribution in [2.24, 2.45) is 17.2 Å². The van der Waals surface area contributed by atoms with E-state index in [1.54, 1.807) is 4.90 Å². The van der Waals surface area contributed by atoms with Gasteiger partial charge in [-0.3, -0.25) is 14.4 Å². The molecule has 9 nitrogen and oxygen atoms in total. The fraction of sp³-hybridized carbons (Fsp3) is 0.516. The monoisotopic (exact) mass is 615 g/mol. The van der Waals surface area contributed by atoms with Gasteiger partial charge < -0.3 is 32.1 Å². The molecule has 2 aliphatic rings. The number of ketones is 1. The molecule has 44 heavy (non-hydrogen) atoms. The van der Waals surface area contributed by atoms with Crippen LogP contribution in [0.1, 0.15) is 55.4 Å². The Balaban J connectivity index is 1.45. The van der Waals surface area contributed by atoms with Crippen molar-refractivity contribution >= 4 is 30.0 Å². The Labute approximate surface area is 256 Å². The third-order valence-corrected chi connectivity index (χ3v) is 8.35. The summed E-state index contributed by atoms with van der Waals surface area (Å²) in [6, 6.07) is 7.57. The fourth-order valence-corrected chi connectivity index (χ4v) is 6.04. The highest BCUT2D eigenvalue weighted by Gasteiger charge is 2.38. The number of nitrogens with zero attached hydrogens (tertiary/aromatic N) is 1. The summed E-state index contributed by atoms with van der Waals surface area (Å²) in [5, 5.41) is 2.70. The lowest BCUT2D eigenvalue weighted by molar-refractivity contribution is -0.137. The molecular formula is C31H41BF3N5O4. The average molecular weight is 616 g/mol. The molecule has 2 amide bonds. The van der Waals surface area contributed by atoms with Crippen molar-refractivity contribution in [3.63, 3.8) is 0 Å². The fourth-order valence-electron chi connectivity index (χ4n) is 6.04. The highest BCUT2D eigenvalue weighted by molar-refractivity contribution is 6.67. The Hall–Kier alpha value is -3.26. The lowest BCUT2D eigenvalue weighted by Gasteiger charge is -2.34. The van der Waals surface area contributed by atoms with Gasteiger partial charge in [0.05, 0.1) is 23.2 Å². The number of benzene rings is 2. The Bertz CT molecular complexity index is 1360. The first kappa shape index (κ1) is 33.6. The Kier molecular flexibility index (Phi) is 10.2. The molecule has 4 rings (SSSR count). The molecule has 1 fully saturated rings. The van der Waals surface area contributed by atoms with E-state index in [4.69, 9.17) is 21.9 Å². The van der Waals surface area contributed by atoms with Crippen LogP contribution in [0.3, 0.4) is 0 Å². The van der Waals surface area contributed by atoms with Gasteiger partial charge in [0, 0.05) is 38.0 Å². The molecular weight excluding hydrogens is 574 g/mol. The SMILES string of the molecule is CB1OC(C)(C)c2ccc(CC(=O)[C@@H](Cc3ccc(C(F)(F)F)cc3)NC(=O)[C@@H](N)CCC(=O)N3C[C@@H](N)C[C@H](N)C3)cc21. The second-order valence-electron chi connectivity index (χ2n) is 12.5. The first-order valence-electron chi connectivity index (χ1n) is 14.9. The van der Waals surface area contributed by atoms with Crippen molar-refractivity contribution in [1.29, 1.82) is 0 Å². The first-order chi connectivity index (χ1) is 20.5. The number of amides is 2. The van der Waals surface area contributed by atoms with Crippen molar-refractivity contribution in [1.82, 2.24) is 10.2 Å². The molecule has 0 radical (unpaired) electrons. The van der Waals surface area contributed by atoms with E-state index in [2.05, 4.69) is 5.32 Å². The lowest BCUT2D eigenvalue weighted by atomic mass is 9.63. The van der Waals surface area contributed by atoms with Crippen LogP contribution < -0.4 is 28.0 Å². The highest BCUT2D eigenvalue weighted by Crippen LogP contribution is 2.31. The van der Waals surface area contributed by atoms with E-state index in [-0.39, 0.29) is 56.4 Å². The molecule has 1 saturated heterocycles. The van der Waals surface area contributed by atoms with Gasteiger partial charge in [0.2, 0.25) is 11.8 Å². The van der Waals surface area contributed by atoms with Crippen molar-refractivity contribution in [3.05, 3.63) is 64.7 Å². The molecule has 7 N–H and O–H groups in total. The van der Waals surface area contributed by atoms with E-state index in [9.17, 15) is 27.6 Å². The maximum Gasteiger partial charge on any atom is 0.416 e. The maximum absolute atomic E-state index is 13.6. The van der Waals surface area contributed by atoms with Crippen LogP contribution in [-0.2, 0) is 43.7 Å². The van der Waals surface area contributed by atoms with E-state index in [0.29, 0.717) is 25.1 Å². The van der Waals surface area contributed by atoms with Crippen LogP contribution in [0.15, 0.2) is 42.5 Å². The quantitative estimate of drug-likeness (QED) is 0.297. The van der Waals surface area contributed by atoms with E-state index >= 15 is 0 Å². The Morgan fingerprint density at radius 2 is 1.68 bits per heavy atom. The van der Waals surface area contributed by atoms with Crippen LogP contribution in [0.25, 0.3) is 0 Å². The summed E-state index contributed by atoms with van der Waals surface area (Å²) in [7, 11) is 0. The zero-order valence-corrected chi connectivity index (χ0v) is 25.3. The van der Waals surface area contributed by atoms with Crippen LogP contribution in [0.4, 0.5) is 13.2 Å². The second kappa shape index (κ2) is 13.4. The van der Waals surface area contributed by atoms with Crippen molar-refractivity contribution in [2.45, 2.75) is 88.7 Å². The largest absolute Gasteiger partial charge is 0.422 e. The standard InChI is InChI=1S/C31H41BF3N5O4/c1-30(2)23-9-6-19(12-24(23)32(3)44-30)14-27(41)26(13-18-4-7-20(8-5-18)31(33,34)35)39-29(43)25(38)10-11-28(42)40-16-21(36)15-22(37)17-40/h4-9,12,21-22,25-26H,10-11,13-17,36-38H2,1-3H3,(H,39,43)/t21-,22-,25-,26+/m0/s1. The number of carbonyl (C=O) groups is 3. The summed E-state index contributed by atoms with van der Waals surface area (Å²) in [6.07, 6.45) is -3.90. The average Bonchev–Trinajstić information content (AvgIpc) is 3.17. The van der Waals surface area contributed by atoms with Crippen molar-refractivity contribution in [3.8, 4) is 0 Å². The van der Waals surface area contributed by atoms with Gasteiger partial charge >= 0.3 is 13.1 Å². The van der Waals surface area contributed by atoms with Gasteiger partial charge in [-0.2, -0.15) is 13.2 Å². The molecule has 0 aromatic heterocycles. The summed E-state index contributed by atoms with van der Waals surface area (Å²) >= 11 is 0. The molecule has 2 aromatic rings. The van der Waals surface area contributed by atoms with Crippen molar-refractivity contribution in [2.75, 3.05) is 13.1 Å². The number of alkyl halides is 3. The summed E-state index contributed by atoms with van der Waals surface area (Å²) in [5.74, 6) is -1.18. The molecule has 13 heteroatoms. The van der Waals surface area contributed by atoms with Crippen LogP contribution in [-0.4, -0.2) is 66.7 Å². The smallest absolute Gasteiger partial charge is 0.416 e. The number of Topliss-reactive ketones (excluding diaryl/α,β-unsaturated/α-hetero) is 1.